The van der Waals surface area contributed by atoms with Crippen LogP contribution in [0.15, 0.2) is 30.5 Å². The molecule has 0 aliphatic carbocycles. The van der Waals surface area contributed by atoms with Gasteiger partial charge in [-0.1, -0.05) is 24.3 Å². The molecule has 1 aromatic heterocycles. The number of likely N-dealkylation sites (tertiary alicyclic amines) is 2. The summed E-state index contributed by atoms with van der Waals surface area (Å²) in [5, 5.41) is 1.31. The van der Waals surface area contributed by atoms with Gasteiger partial charge in [0.2, 0.25) is 0 Å². The van der Waals surface area contributed by atoms with E-state index in [4.69, 9.17) is 4.98 Å². The molecule has 0 N–H and O–H groups in total. The van der Waals surface area contributed by atoms with E-state index in [1.165, 1.54) is 60.0 Å². The topological polar surface area (TPSA) is 19.4 Å². The summed E-state index contributed by atoms with van der Waals surface area (Å²) in [5.74, 6) is 0.639. The number of aromatic nitrogens is 1. The van der Waals surface area contributed by atoms with Crippen LogP contribution >= 0.6 is 11.3 Å². The van der Waals surface area contributed by atoms with Crippen molar-refractivity contribution >= 4 is 11.3 Å². The molecule has 2 aliphatic rings. The van der Waals surface area contributed by atoms with Gasteiger partial charge in [-0.25, -0.2) is 4.98 Å². The lowest BCUT2D eigenvalue weighted by Gasteiger charge is -2.41. The second-order valence-corrected chi connectivity index (χ2v) is 8.55. The van der Waals surface area contributed by atoms with Gasteiger partial charge in [0.05, 0.1) is 9.88 Å². The number of hydrogen-bond donors (Lipinski definition) is 0. The van der Waals surface area contributed by atoms with E-state index < -0.39 is 0 Å². The van der Waals surface area contributed by atoms with Crippen LogP contribution < -0.4 is 0 Å². The molecule has 0 amide bonds. The van der Waals surface area contributed by atoms with Gasteiger partial charge in [0.1, 0.15) is 0 Å². The molecule has 0 spiro atoms. The van der Waals surface area contributed by atoms with E-state index in [0.29, 0.717) is 12.0 Å². The highest BCUT2D eigenvalue weighted by molar-refractivity contribution is 7.15. The summed E-state index contributed by atoms with van der Waals surface area (Å²) in [6, 6.07) is 9.77. The third kappa shape index (κ3) is 3.41. The summed E-state index contributed by atoms with van der Waals surface area (Å²) in [5.41, 5.74) is 2.74. The summed E-state index contributed by atoms with van der Waals surface area (Å²) in [4.78, 5) is 11.1. The monoisotopic (exact) mass is 341 g/mol. The molecule has 3 nitrogen and oxygen atoms in total. The molecule has 3 heterocycles. The molecule has 0 radical (unpaired) electrons. The molecule has 2 fully saturated rings. The fourth-order valence-electron chi connectivity index (χ4n) is 3.67. The predicted molar refractivity (Wildman–Crippen MR) is 102 cm³/mol. The van der Waals surface area contributed by atoms with Gasteiger partial charge in [-0.15, -0.1) is 11.3 Å². The third-order valence-electron chi connectivity index (χ3n) is 5.36. The molecule has 0 bridgehead atoms. The van der Waals surface area contributed by atoms with Crippen molar-refractivity contribution in [3.8, 4) is 10.4 Å². The Balaban J connectivity index is 1.39. The van der Waals surface area contributed by atoms with Gasteiger partial charge in [0.25, 0.3) is 0 Å². The van der Waals surface area contributed by atoms with Crippen LogP contribution in [-0.4, -0.2) is 47.0 Å². The van der Waals surface area contributed by atoms with E-state index >= 15 is 0 Å². The van der Waals surface area contributed by atoms with Crippen molar-refractivity contribution in [3.63, 3.8) is 0 Å². The Labute approximate surface area is 149 Å². The molecule has 0 saturated carbocycles. The number of hydrogen-bond acceptors (Lipinski definition) is 4. The molecular weight excluding hydrogens is 314 g/mol. The summed E-state index contributed by atoms with van der Waals surface area (Å²) >= 11 is 1.87. The molecule has 24 heavy (non-hydrogen) atoms. The number of thiazole rings is 1. The molecule has 0 unspecified atom stereocenters. The van der Waals surface area contributed by atoms with Crippen molar-refractivity contribution in [2.24, 2.45) is 0 Å². The zero-order valence-corrected chi connectivity index (χ0v) is 15.6. The van der Waals surface area contributed by atoms with E-state index in [1.54, 1.807) is 0 Å². The molecule has 4 heteroatoms. The zero-order valence-electron chi connectivity index (χ0n) is 14.7. The van der Waals surface area contributed by atoms with Gasteiger partial charge in [-0.05, 0) is 50.9 Å². The van der Waals surface area contributed by atoms with E-state index in [9.17, 15) is 0 Å². The lowest BCUT2D eigenvalue weighted by Crippen LogP contribution is -2.48. The first-order chi connectivity index (χ1) is 11.7. The predicted octanol–water partition coefficient (Wildman–Crippen LogP) is 4.21. The van der Waals surface area contributed by atoms with Crippen LogP contribution in [0.4, 0.5) is 0 Å². The minimum atomic E-state index is 0.639. The maximum Gasteiger partial charge on any atom is 0.0987 e. The van der Waals surface area contributed by atoms with Crippen LogP contribution in [0.5, 0.6) is 0 Å². The van der Waals surface area contributed by atoms with Gasteiger partial charge in [-0.2, -0.15) is 0 Å². The van der Waals surface area contributed by atoms with E-state index in [0.717, 1.165) is 6.54 Å². The van der Waals surface area contributed by atoms with Crippen LogP contribution in [0.25, 0.3) is 10.4 Å². The van der Waals surface area contributed by atoms with Gasteiger partial charge >= 0.3 is 0 Å². The standard InChI is InChI=1S/C20H27N3S/c1-15(2)23-13-18(14-23)20-21-11-19(24-20)17-7-5-16(6-8-17)12-22-9-3-4-10-22/h5-8,11,15,18H,3-4,9-10,12-14H2,1-2H3. The first-order valence-corrected chi connectivity index (χ1v) is 10.0. The van der Waals surface area contributed by atoms with Crippen molar-refractivity contribution < 1.29 is 0 Å². The molecular formula is C20H27N3S. The normalized spacial score (nSPS) is 20.0. The Hall–Kier alpha value is -1.23. The number of benzene rings is 1. The quantitative estimate of drug-likeness (QED) is 0.812. The number of nitrogens with zero attached hydrogens (tertiary/aromatic N) is 3. The molecule has 1 aromatic carbocycles. The van der Waals surface area contributed by atoms with E-state index in [2.05, 4.69) is 54.1 Å². The zero-order chi connectivity index (χ0) is 16.5. The molecule has 2 aromatic rings. The van der Waals surface area contributed by atoms with Crippen LogP contribution in [0.2, 0.25) is 0 Å². The lowest BCUT2D eigenvalue weighted by atomic mass is 9.99. The minimum absolute atomic E-state index is 0.639. The van der Waals surface area contributed by atoms with E-state index in [1.807, 2.05) is 11.3 Å². The Morgan fingerprint density at radius 1 is 1.12 bits per heavy atom. The summed E-state index contributed by atoms with van der Waals surface area (Å²) in [6.07, 6.45) is 4.78. The van der Waals surface area contributed by atoms with Crippen LogP contribution in [0, 0.1) is 0 Å². The van der Waals surface area contributed by atoms with Crippen LogP contribution in [0.1, 0.15) is 43.2 Å². The Morgan fingerprint density at radius 2 is 1.83 bits per heavy atom. The first kappa shape index (κ1) is 16.2. The summed E-state index contributed by atoms with van der Waals surface area (Å²) < 4.78 is 0. The van der Waals surface area contributed by atoms with Gasteiger partial charge in [0.15, 0.2) is 0 Å². The third-order valence-corrected chi connectivity index (χ3v) is 6.57. The van der Waals surface area contributed by atoms with Crippen LogP contribution in [-0.2, 0) is 6.54 Å². The maximum absolute atomic E-state index is 4.70. The van der Waals surface area contributed by atoms with Gasteiger partial charge < -0.3 is 0 Å². The number of rotatable bonds is 5. The average molecular weight is 342 g/mol. The second-order valence-electron chi connectivity index (χ2n) is 7.49. The lowest BCUT2D eigenvalue weighted by molar-refractivity contribution is 0.110. The van der Waals surface area contributed by atoms with Crippen molar-refractivity contribution in [2.45, 2.75) is 45.2 Å². The highest BCUT2D eigenvalue weighted by Crippen LogP contribution is 2.35. The Bertz CT molecular complexity index is 664. The second kappa shape index (κ2) is 6.95. The molecule has 0 atom stereocenters. The van der Waals surface area contributed by atoms with Crippen LogP contribution in [0.3, 0.4) is 0 Å². The molecule has 2 aliphatic heterocycles. The SMILES string of the molecule is CC(C)N1CC(c2ncc(-c3ccc(CN4CCCC4)cc3)s2)C1. The van der Waals surface area contributed by atoms with Gasteiger partial charge in [-0.3, -0.25) is 9.80 Å². The first-order valence-electron chi connectivity index (χ1n) is 9.20. The fourth-order valence-corrected chi connectivity index (χ4v) is 4.68. The average Bonchev–Trinajstić information content (AvgIpc) is 3.18. The van der Waals surface area contributed by atoms with Crippen molar-refractivity contribution in [2.75, 3.05) is 26.2 Å². The fraction of sp³-hybridized carbons (Fsp3) is 0.550. The molecule has 128 valence electrons. The van der Waals surface area contributed by atoms with Gasteiger partial charge in [0, 0.05) is 37.8 Å². The smallest absolute Gasteiger partial charge is 0.0987 e. The maximum atomic E-state index is 4.70. The minimum Gasteiger partial charge on any atom is -0.299 e. The van der Waals surface area contributed by atoms with Crippen molar-refractivity contribution in [1.29, 1.82) is 0 Å². The molecule has 4 rings (SSSR count). The van der Waals surface area contributed by atoms with E-state index in [-0.39, 0.29) is 0 Å². The Morgan fingerprint density at radius 3 is 2.50 bits per heavy atom. The summed E-state index contributed by atoms with van der Waals surface area (Å²) in [6.45, 7) is 10.5. The van der Waals surface area contributed by atoms with Crippen molar-refractivity contribution in [1.82, 2.24) is 14.8 Å². The Kier molecular flexibility index (Phi) is 4.70. The summed E-state index contributed by atoms with van der Waals surface area (Å²) in [7, 11) is 0. The highest BCUT2D eigenvalue weighted by atomic mass is 32.1. The largest absolute Gasteiger partial charge is 0.299 e. The highest BCUT2D eigenvalue weighted by Gasteiger charge is 2.31. The van der Waals surface area contributed by atoms with Crippen molar-refractivity contribution in [3.05, 3.63) is 41.0 Å². The molecule has 2 saturated heterocycles.